The van der Waals surface area contributed by atoms with E-state index in [-0.39, 0.29) is 18.0 Å². The first-order valence-corrected chi connectivity index (χ1v) is 8.38. The van der Waals surface area contributed by atoms with Crippen molar-refractivity contribution in [2.45, 2.75) is 17.7 Å². The van der Waals surface area contributed by atoms with Crippen LogP contribution in [-0.4, -0.2) is 33.2 Å². The molecule has 0 aliphatic rings. The topological polar surface area (TPSA) is 98.0 Å². The van der Waals surface area contributed by atoms with E-state index in [1.165, 1.54) is 35.6 Å². The standard InChI is InChI=1S/C13H14N4O3S2/c1-2-7-21-13-16-15-12(22-13)14-8-11(18)9-3-5-10(6-4-9)17(19)20/h3-6H,2,7-8H2,1H3,(H,14,15). The summed E-state index contributed by atoms with van der Waals surface area (Å²) in [5.74, 6) is 0.823. The van der Waals surface area contributed by atoms with Crippen molar-refractivity contribution in [1.82, 2.24) is 10.2 Å². The Hall–Kier alpha value is -2.00. The number of benzene rings is 1. The second kappa shape index (κ2) is 7.85. The lowest BCUT2D eigenvalue weighted by atomic mass is 10.1. The molecule has 0 amide bonds. The number of Topliss-reactive ketones (excluding diaryl/α,β-unsaturated/α-hetero) is 1. The fourth-order valence-electron chi connectivity index (χ4n) is 1.56. The number of hydrogen-bond acceptors (Lipinski definition) is 8. The Morgan fingerprint density at radius 1 is 1.36 bits per heavy atom. The quantitative estimate of drug-likeness (QED) is 0.341. The first-order chi connectivity index (χ1) is 10.6. The Bertz CT molecular complexity index is 658. The number of nitro benzene ring substituents is 1. The van der Waals surface area contributed by atoms with E-state index in [1.807, 2.05) is 0 Å². The molecule has 0 fully saturated rings. The van der Waals surface area contributed by atoms with Crippen molar-refractivity contribution in [3.63, 3.8) is 0 Å². The second-order valence-electron chi connectivity index (χ2n) is 4.30. The number of nitrogens with zero attached hydrogens (tertiary/aromatic N) is 3. The van der Waals surface area contributed by atoms with Gasteiger partial charge in [0.05, 0.1) is 11.5 Å². The summed E-state index contributed by atoms with van der Waals surface area (Å²) in [5, 5.41) is 22.1. The van der Waals surface area contributed by atoms with Crippen molar-refractivity contribution in [1.29, 1.82) is 0 Å². The monoisotopic (exact) mass is 338 g/mol. The number of thioether (sulfide) groups is 1. The molecule has 9 heteroatoms. The molecule has 2 aromatic rings. The van der Waals surface area contributed by atoms with Gasteiger partial charge >= 0.3 is 0 Å². The van der Waals surface area contributed by atoms with Crippen molar-refractivity contribution in [2.24, 2.45) is 0 Å². The van der Waals surface area contributed by atoms with Crippen LogP contribution < -0.4 is 5.32 Å². The van der Waals surface area contributed by atoms with Gasteiger partial charge in [0.1, 0.15) is 0 Å². The van der Waals surface area contributed by atoms with Gasteiger partial charge in [0.25, 0.3) is 5.69 Å². The third-order valence-corrected chi connectivity index (χ3v) is 4.86. The van der Waals surface area contributed by atoms with Crippen LogP contribution in [0, 0.1) is 10.1 Å². The summed E-state index contributed by atoms with van der Waals surface area (Å²) in [4.78, 5) is 22.1. The SMILES string of the molecule is CCCSc1nnc(NCC(=O)c2ccc([N+](=O)[O-])cc2)s1. The molecule has 0 bridgehead atoms. The van der Waals surface area contributed by atoms with Gasteiger partial charge in [-0.25, -0.2) is 0 Å². The Balaban J connectivity index is 1.89. The summed E-state index contributed by atoms with van der Waals surface area (Å²) in [7, 11) is 0. The average Bonchev–Trinajstić information content (AvgIpc) is 2.98. The van der Waals surface area contributed by atoms with Crippen LogP contribution in [0.15, 0.2) is 28.6 Å². The van der Waals surface area contributed by atoms with E-state index in [9.17, 15) is 14.9 Å². The zero-order valence-corrected chi connectivity index (χ0v) is 13.4. The van der Waals surface area contributed by atoms with Gasteiger partial charge in [0.15, 0.2) is 10.1 Å². The highest BCUT2D eigenvalue weighted by Gasteiger charge is 2.11. The molecule has 0 spiro atoms. The molecule has 0 saturated carbocycles. The summed E-state index contributed by atoms with van der Waals surface area (Å²) in [6.45, 7) is 2.17. The normalized spacial score (nSPS) is 10.4. The van der Waals surface area contributed by atoms with E-state index in [1.54, 1.807) is 11.8 Å². The van der Waals surface area contributed by atoms with Crippen LogP contribution in [0.1, 0.15) is 23.7 Å². The van der Waals surface area contributed by atoms with Crippen LogP contribution in [0.3, 0.4) is 0 Å². The molecule has 0 aliphatic carbocycles. The number of carbonyl (C=O) groups excluding carboxylic acids is 1. The highest BCUT2D eigenvalue weighted by atomic mass is 32.2. The van der Waals surface area contributed by atoms with E-state index in [4.69, 9.17) is 0 Å². The largest absolute Gasteiger partial charge is 0.353 e. The summed E-state index contributed by atoms with van der Waals surface area (Å²) in [6.07, 6.45) is 1.06. The lowest BCUT2D eigenvalue weighted by molar-refractivity contribution is -0.384. The van der Waals surface area contributed by atoms with Crippen LogP contribution in [0.5, 0.6) is 0 Å². The first-order valence-electron chi connectivity index (χ1n) is 6.58. The van der Waals surface area contributed by atoms with E-state index >= 15 is 0 Å². The third-order valence-electron chi connectivity index (χ3n) is 2.64. The molecule has 0 unspecified atom stereocenters. The van der Waals surface area contributed by atoms with Crippen LogP contribution >= 0.6 is 23.1 Å². The maximum Gasteiger partial charge on any atom is 0.269 e. The summed E-state index contributed by atoms with van der Waals surface area (Å²) in [6, 6.07) is 5.53. The zero-order chi connectivity index (χ0) is 15.9. The molecule has 1 N–H and O–H groups in total. The summed E-state index contributed by atoms with van der Waals surface area (Å²) in [5.41, 5.74) is 0.384. The summed E-state index contributed by atoms with van der Waals surface area (Å²) < 4.78 is 0.868. The predicted molar refractivity (Wildman–Crippen MR) is 86.8 cm³/mol. The van der Waals surface area contributed by atoms with Gasteiger partial charge in [-0.15, -0.1) is 10.2 Å². The Morgan fingerprint density at radius 3 is 2.73 bits per heavy atom. The van der Waals surface area contributed by atoms with Gasteiger partial charge in [-0.2, -0.15) is 0 Å². The van der Waals surface area contributed by atoms with Crippen molar-refractivity contribution in [3.05, 3.63) is 39.9 Å². The van der Waals surface area contributed by atoms with E-state index in [0.717, 1.165) is 16.5 Å². The lowest BCUT2D eigenvalue weighted by Crippen LogP contribution is -2.13. The van der Waals surface area contributed by atoms with Crippen molar-refractivity contribution in [2.75, 3.05) is 17.6 Å². The molecule has 0 aliphatic heterocycles. The third kappa shape index (κ3) is 4.50. The van der Waals surface area contributed by atoms with Gasteiger partial charge < -0.3 is 5.32 Å². The predicted octanol–water partition coefficient (Wildman–Crippen LogP) is 3.24. The van der Waals surface area contributed by atoms with Crippen LogP contribution in [0.4, 0.5) is 10.8 Å². The number of nitro groups is 1. The van der Waals surface area contributed by atoms with E-state index in [0.29, 0.717) is 10.7 Å². The Kier molecular flexibility index (Phi) is 5.84. The minimum atomic E-state index is -0.497. The molecule has 0 radical (unpaired) electrons. The summed E-state index contributed by atoms with van der Waals surface area (Å²) >= 11 is 3.04. The average molecular weight is 338 g/mol. The second-order valence-corrected chi connectivity index (χ2v) is 6.62. The Labute approximate surface area is 135 Å². The van der Waals surface area contributed by atoms with Crippen molar-refractivity contribution >= 4 is 39.7 Å². The molecule has 0 atom stereocenters. The minimum Gasteiger partial charge on any atom is -0.353 e. The fraction of sp³-hybridized carbons (Fsp3) is 0.308. The highest BCUT2D eigenvalue weighted by Crippen LogP contribution is 2.25. The van der Waals surface area contributed by atoms with Gasteiger partial charge in [-0.05, 0) is 18.6 Å². The molecular weight excluding hydrogens is 324 g/mol. The highest BCUT2D eigenvalue weighted by molar-refractivity contribution is 8.01. The number of nitrogens with one attached hydrogen (secondary N) is 1. The smallest absolute Gasteiger partial charge is 0.269 e. The number of non-ortho nitro benzene ring substituents is 1. The fourth-order valence-corrected chi connectivity index (χ4v) is 3.23. The number of anilines is 1. The number of ketones is 1. The maximum absolute atomic E-state index is 12.0. The van der Waals surface area contributed by atoms with Crippen LogP contribution in [-0.2, 0) is 0 Å². The molecule has 0 saturated heterocycles. The molecule has 2 rings (SSSR count). The van der Waals surface area contributed by atoms with Gasteiger partial charge in [-0.3, -0.25) is 14.9 Å². The molecule has 1 heterocycles. The number of rotatable bonds is 8. The minimum absolute atomic E-state index is 0.0359. The number of carbonyl (C=O) groups is 1. The van der Waals surface area contributed by atoms with Gasteiger partial charge in [0.2, 0.25) is 5.13 Å². The van der Waals surface area contributed by atoms with Crippen molar-refractivity contribution in [3.8, 4) is 0 Å². The van der Waals surface area contributed by atoms with E-state index < -0.39 is 4.92 Å². The van der Waals surface area contributed by atoms with Gasteiger partial charge in [0, 0.05) is 23.4 Å². The van der Waals surface area contributed by atoms with E-state index in [2.05, 4.69) is 22.4 Å². The maximum atomic E-state index is 12.0. The van der Waals surface area contributed by atoms with Gasteiger partial charge in [-0.1, -0.05) is 30.0 Å². The lowest BCUT2D eigenvalue weighted by Gasteiger charge is -2.01. The molecular formula is C13H14N4O3S2. The van der Waals surface area contributed by atoms with Crippen LogP contribution in [0.25, 0.3) is 0 Å². The van der Waals surface area contributed by atoms with Crippen molar-refractivity contribution < 1.29 is 9.72 Å². The number of aromatic nitrogens is 2. The molecule has 7 nitrogen and oxygen atoms in total. The molecule has 22 heavy (non-hydrogen) atoms. The molecule has 116 valence electrons. The number of hydrogen-bond donors (Lipinski definition) is 1. The Morgan fingerprint density at radius 2 is 2.09 bits per heavy atom. The first kappa shape index (κ1) is 16.4. The zero-order valence-electron chi connectivity index (χ0n) is 11.8. The molecule has 1 aromatic carbocycles. The molecule has 1 aromatic heterocycles. The van der Waals surface area contributed by atoms with Crippen LogP contribution in [0.2, 0.25) is 0 Å².